The van der Waals surface area contributed by atoms with E-state index in [0.29, 0.717) is 11.4 Å². The van der Waals surface area contributed by atoms with E-state index in [1.54, 1.807) is 7.05 Å². The lowest BCUT2D eigenvalue weighted by Gasteiger charge is -2.27. The van der Waals surface area contributed by atoms with Crippen LogP contribution in [0.1, 0.15) is 36.2 Å². The molecule has 1 heterocycles. The van der Waals surface area contributed by atoms with Crippen molar-refractivity contribution in [2.45, 2.75) is 31.2 Å². The molecule has 0 bridgehead atoms. The Bertz CT molecular complexity index is 402. The first-order valence-corrected chi connectivity index (χ1v) is 5.79. The Kier molecular flexibility index (Phi) is 3.06. The summed E-state index contributed by atoms with van der Waals surface area (Å²) in [6.45, 7) is -0.0313. The van der Waals surface area contributed by atoms with Crippen molar-refractivity contribution in [2.24, 2.45) is 7.05 Å². The number of nitrogens with zero attached hydrogens (tertiary/aromatic N) is 2. The van der Waals surface area contributed by atoms with Gasteiger partial charge in [0.15, 0.2) is 0 Å². The molecule has 1 amide bonds. The van der Waals surface area contributed by atoms with Crippen LogP contribution in [0.25, 0.3) is 0 Å². The molecule has 6 nitrogen and oxygen atoms in total. The van der Waals surface area contributed by atoms with E-state index >= 15 is 0 Å². The number of nitrogen functional groups attached to an aromatic ring is 1. The fourth-order valence-corrected chi connectivity index (χ4v) is 2.41. The van der Waals surface area contributed by atoms with Crippen LogP contribution in [0.2, 0.25) is 0 Å². The number of aliphatic hydroxyl groups excluding tert-OH is 1. The molecular weight excluding hydrogens is 220 g/mol. The molecule has 0 radical (unpaired) electrons. The van der Waals surface area contributed by atoms with E-state index in [4.69, 9.17) is 5.73 Å². The van der Waals surface area contributed by atoms with Crippen molar-refractivity contribution in [1.82, 2.24) is 15.1 Å². The topological polar surface area (TPSA) is 93.2 Å². The number of carbonyl (C=O) groups is 1. The predicted molar refractivity (Wildman–Crippen MR) is 63.4 cm³/mol. The minimum atomic E-state index is -0.478. The van der Waals surface area contributed by atoms with Crippen molar-refractivity contribution in [2.75, 3.05) is 12.3 Å². The van der Waals surface area contributed by atoms with E-state index in [2.05, 4.69) is 10.4 Å². The number of aromatic nitrogens is 2. The van der Waals surface area contributed by atoms with Gasteiger partial charge in [0, 0.05) is 7.05 Å². The maximum Gasteiger partial charge on any atom is 0.272 e. The van der Waals surface area contributed by atoms with Crippen LogP contribution in [0.15, 0.2) is 6.20 Å². The first-order chi connectivity index (χ1) is 8.08. The second-order valence-electron chi connectivity index (χ2n) is 4.67. The van der Waals surface area contributed by atoms with Crippen molar-refractivity contribution in [3.05, 3.63) is 11.9 Å². The van der Waals surface area contributed by atoms with Crippen molar-refractivity contribution in [3.63, 3.8) is 0 Å². The second kappa shape index (κ2) is 4.37. The third-order valence-electron chi connectivity index (χ3n) is 3.42. The standard InChI is InChI=1S/C11H18N4O2/c1-15-9(8(12)6-13-15)10(17)14-11(7-16)4-2-3-5-11/h6,16H,2-5,7,12H2,1H3,(H,14,17). The molecule has 4 N–H and O–H groups in total. The third-order valence-corrected chi connectivity index (χ3v) is 3.42. The van der Waals surface area contributed by atoms with Crippen LogP contribution in [0.3, 0.4) is 0 Å². The molecule has 0 spiro atoms. The number of amides is 1. The summed E-state index contributed by atoms with van der Waals surface area (Å²) in [5.41, 5.74) is 5.93. The van der Waals surface area contributed by atoms with Crippen LogP contribution in [0, 0.1) is 0 Å². The maximum absolute atomic E-state index is 12.1. The second-order valence-corrected chi connectivity index (χ2v) is 4.67. The predicted octanol–water partition coefficient (Wildman–Crippen LogP) is 0.0372. The first kappa shape index (κ1) is 11.9. The minimum Gasteiger partial charge on any atom is -0.396 e. The summed E-state index contributed by atoms with van der Waals surface area (Å²) in [6.07, 6.45) is 5.14. The zero-order chi connectivity index (χ0) is 12.5. The fourth-order valence-electron chi connectivity index (χ4n) is 2.41. The SMILES string of the molecule is Cn1ncc(N)c1C(=O)NC1(CO)CCCC1. The number of anilines is 1. The van der Waals surface area contributed by atoms with Crippen LogP contribution in [0.5, 0.6) is 0 Å². The van der Waals surface area contributed by atoms with Gasteiger partial charge in [-0.1, -0.05) is 12.8 Å². The molecule has 0 unspecified atom stereocenters. The third kappa shape index (κ3) is 2.12. The molecule has 0 aliphatic heterocycles. The van der Waals surface area contributed by atoms with Crippen LogP contribution < -0.4 is 11.1 Å². The zero-order valence-electron chi connectivity index (χ0n) is 9.94. The maximum atomic E-state index is 12.1. The Morgan fingerprint density at radius 3 is 2.76 bits per heavy atom. The molecule has 0 aromatic carbocycles. The van der Waals surface area contributed by atoms with Crippen LogP contribution in [-0.2, 0) is 7.05 Å². The number of nitrogens with two attached hydrogens (primary N) is 1. The van der Waals surface area contributed by atoms with Gasteiger partial charge in [-0.05, 0) is 12.8 Å². The number of hydrogen-bond acceptors (Lipinski definition) is 4. The van der Waals surface area contributed by atoms with Crippen molar-refractivity contribution in [3.8, 4) is 0 Å². The lowest BCUT2D eigenvalue weighted by atomic mass is 9.98. The quantitative estimate of drug-likeness (QED) is 0.693. The summed E-state index contributed by atoms with van der Waals surface area (Å²) >= 11 is 0. The normalized spacial score (nSPS) is 18.2. The summed E-state index contributed by atoms with van der Waals surface area (Å²) in [5.74, 6) is -0.265. The molecule has 6 heteroatoms. The number of nitrogens with one attached hydrogen (secondary N) is 1. The number of hydrogen-bond donors (Lipinski definition) is 3. The van der Waals surface area contributed by atoms with E-state index in [9.17, 15) is 9.90 Å². The van der Waals surface area contributed by atoms with Gasteiger partial charge in [0.1, 0.15) is 5.69 Å². The van der Waals surface area contributed by atoms with Gasteiger partial charge < -0.3 is 16.2 Å². The lowest BCUT2D eigenvalue weighted by molar-refractivity contribution is 0.0830. The number of carbonyl (C=O) groups excluding carboxylic acids is 1. The molecular formula is C11H18N4O2. The fraction of sp³-hybridized carbons (Fsp3) is 0.636. The lowest BCUT2D eigenvalue weighted by Crippen LogP contribution is -2.49. The van der Waals surface area contributed by atoms with E-state index in [0.717, 1.165) is 25.7 Å². The molecule has 0 saturated heterocycles. The van der Waals surface area contributed by atoms with Gasteiger partial charge in [-0.25, -0.2) is 0 Å². The van der Waals surface area contributed by atoms with Gasteiger partial charge in [0.25, 0.3) is 5.91 Å². The molecule has 1 aliphatic rings. The van der Waals surface area contributed by atoms with E-state index in [1.807, 2.05) is 0 Å². The van der Waals surface area contributed by atoms with Gasteiger partial charge in [-0.15, -0.1) is 0 Å². The molecule has 17 heavy (non-hydrogen) atoms. The number of aryl methyl sites for hydroxylation is 1. The summed E-state index contributed by atoms with van der Waals surface area (Å²) in [5, 5.41) is 16.3. The highest BCUT2D eigenvalue weighted by molar-refractivity contribution is 5.97. The molecule has 0 atom stereocenters. The average molecular weight is 238 g/mol. The van der Waals surface area contributed by atoms with Crippen LogP contribution in [-0.4, -0.2) is 32.9 Å². The number of aliphatic hydroxyl groups is 1. The zero-order valence-corrected chi connectivity index (χ0v) is 9.94. The first-order valence-electron chi connectivity index (χ1n) is 5.79. The van der Waals surface area contributed by atoms with Gasteiger partial charge in [-0.3, -0.25) is 9.48 Å². The summed E-state index contributed by atoms with van der Waals surface area (Å²) in [7, 11) is 1.67. The largest absolute Gasteiger partial charge is 0.396 e. The summed E-state index contributed by atoms with van der Waals surface area (Å²) < 4.78 is 1.45. The van der Waals surface area contributed by atoms with E-state index in [-0.39, 0.29) is 12.5 Å². The average Bonchev–Trinajstić information content (AvgIpc) is 2.87. The van der Waals surface area contributed by atoms with Crippen LogP contribution >= 0.6 is 0 Å². The van der Waals surface area contributed by atoms with Crippen LogP contribution in [0.4, 0.5) is 5.69 Å². The summed E-state index contributed by atoms with van der Waals surface area (Å²) in [4.78, 5) is 12.1. The highest BCUT2D eigenvalue weighted by atomic mass is 16.3. The minimum absolute atomic E-state index is 0.0313. The Morgan fingerprint density at radius 2 is 2.29 bits per heavy atom. The molecule has 1 aromatic heterocycles. The molecule has 1 aliphatic carbocycles. The Balaban J connectivity index is 2.16. The van der Waals surface area contributed by atoms with E-state index < -0.39 is 5.54 Å². The van der Waals surface area contributed by atoms with Gasteiger partial charge in [0.2, 0.25) is 0 Å². The Hall–Kier alpha value is -1.56. The highest BCUT2D eigenvalue weighted by Crippen LogP contribution is 2.29. The number of rotatable bonds is 3. The van der Waals surface area contributed by atoms with Crippen molar-refractivity contribution < 1.29 is 9.90 Å². The van der Waals surface area contributed by atoms with E-state index in [1.165, 1.54) is 10.9 Å². The van der Waals surface area contributed by atoms with Gasteiger partial charge in [0.05, 0.1) is 24.0 Å². The van der Waals surface area contributed by atoms with Crippen molar-refractivity contribution in [1.29, 1.82) is 0 Å². The molecule has 1 aromatic rings. The Morgan fingerprint density at radius 1 is 1.65 bits per heavy atom. The summed E-state index contributed by atoms with van der Waals surface area (Å²) in [6, 6.07) is 0. The highest BCUT2D eigenvalue weighted by Gasteiger charge is 2.35. The van der Waals surface area contributed by atoms with Gasteiger partial charge in [-0.2, -0.15) is 5.10 Å². The molecule has 94 valence electrons. The molecule has 1 fully saturated rings. The Labute approximate surface area is 99.8 Å². The molecule has 2 rings (SSSR count). The smallest absolute Gasteiger partial charge is 0.272 e. The van der Waals surface area contributed by atoms with Crippen molar-refractivity contribution >= 4 is 11.6 Å². The molecule has 1 saturated carbocycles. The monoisotopic (exact) mass is 238 g/mol. The van der Waals surface area contributed by atoms with Gasteiger partial charge >= 0.3 is 0 Å².